The van der Waals surface area contributed by atoms with Gasteiger partial charge in [-0.05, 0) is 51.1 Å². The molecule has 0 atom stereocenters. The Morgan fingerprint density at radius 2 is 2.04 bits per heavy atom. The van der Waals surface area contributed by atoms with Gasteiger partial charge in [-0.1, -0.05) is 12.1 Å². The summed E-state index contributed by atoms with van der Waals surface area (Å²) in [4.78, 5) is 17.1. The van der Waals surface area contributed by atoms with Crippen LogP contribution in [0.2, 0.25) is 0 Å². The van der Waals surface area contributed by atoms with Crippen molar-refractivity contribution in [3.05, 3.63) is 65.2 Å². The first kappa shape index (κ1) is 17.5. The molecule has 0 aliphatic rings. The highest BCUT2D eigenvalue weighted by molar-refractivity contribution is 7.21. The molecule has 0 unspecified atom stereocenters. The van der Waals surface area contributed by atoms with Crippen LogP contribution in [0, 0.1) is 13.8 Å². The number of furan rings is 1. The van der Waals surface area contributed by atoms with Crippen LogP contribution in [0.15, 0.2) is 46.9 Å². The number of nitrogens with one attached hydrogen (secondary N) is 1. The van der Waals surface area contributed by atoms with Crippen LogP contribution < -0.4 is 5.32 Å². The number of aryl methyl sites for hydroxylation is 1. The van der Waals surface area contributed by atoms with E-state index in [-0.39, 0.29) is 5.91 Å². The van der Waals surface area contributed by atoms with Gasteiger partial charge in [-0.3, -0.25) is 4.79 Å². The lowest BCUT2D eigenvalue weighted by molar-refractivity contribution is 0.0947. The molecule has 6 heteroatoms. The lowest BCUT2D eigenvalue weighted by Crippen LogP contribution is -2.23. The first-order valence-electron chi connectivity index (χ1n) is 8.96. The Kier molecular flexibility index (Phi) is 4.58. The number of rotatable bonds is 5. The normalized spacial score (nSPS) is 11.2. The summed E-state index contributed by atoms with van der Waals surface area (Å²) >= 11 is 1.60. The van der Waals surface area contributed by atoms with Gasteiger partial charge in [-0.15, -0.1) is 11.3 Å². The molecule has 138 valence electrons. The average molecular weight is 379 g/mol. The second-order valence-electron chi connectivity index (χ2n) is 6.46. The Hall–Kier alpha value is -2.86. The largest absolute Gasteiger partial charge is 0.457 e. The number of carbonyl (C=O) groups is 1. The van der Waals surface area contributed by atoms with E-state index in [1.54, 1.807) is 11.3 Å². The third kappa shape index (κ3) is 3.28. The smallest absolute Gasteiger partial charge is 0.253 e. The number of hydrogen-bond acceptors (Lipinski definition) is 4. The summed E-state index contributed by atoms with van der Waals surface area (Å²) in [5.41, 5.74) is 3.76. The van der Waals surface area contributed by atoms with Gasteiger partial charge in [-0.25, -0.2) is 4.98 Å². The van der Waals surface area contributed by atoms with Gasteiger partial charge >= 0.3 is 0 Å². The van der Waals surface area contributed by atoms with Gasteiger partial charge in [0.1, 0.15) is 5.76 Å². The highest BCUT2D eigenvalue weighted by Gasteiger charge is 2.16. The fourth-order valence-corrected chi connectivity index (χ4v) is 4.27. The number of hydrogen-bond donors (Lipinski definition) is 1. The minimum absolute atomic E-state index is 0.0827. The lowest BCUT2D eigenvalue weighted by Gasteiger charge is -2.06. The molecule has 0 saturated carbocycles. The van der Waals surface area contributed by atoms with E-state index in [1.807, 2.05) is 56.3 Å². The summed E-state index contributed by atoms with van der Waals surface area (Å²) in [5.74, 6) is 1.35. The quantitative estimate of drug-likeness (QED) is 0.535. The van der Waals surface area contributed by atoms with Gasteiger partial charge < -0.3 is 14.3 Å². The summed E-state index contributed by atoms with van der Waals surface area (Å²) in [6.07, 6.45) is 0. The van der Waals surface area contributed by atoms with Crippen molar-refractivity contribution >= 4 is 27.5 Å². The Labute approximate surface area is 161 Å². The minimum Gasteiger partial charge on any atom is -0.457 e. The van der Waals surface area contributed by atoms with Gasteiger partial charge in [0.15, 0.2) is 10.8 Å². The van der Waals surface area contributed by atoms with Gasteiger partial charge in [-0.2, -0.15) is 0 Å². The fourth-order valence-electron chi connectivity index (χ4n) is 3.35. The third-order valence-electron chi connectivity index (χ3n) is 4.72. The SMILES string of the molecule is CCn1c(C)cc(C(=O)NCc2ccc(-c3nc4ccccc4s3)o2)c1C. The van der Waals surface area contributed by atoms with Crippen molar-refractivity contribution in [1.82, 2.24) is 14.9 Å². The van der Waals surface area contributed by atoms with E-state index in [1.165, 1.54) is 0 Å². The van der Waals surface area contributed by atoms with E-state index < -0.39 is 0 Å². The lowest BCUT2D eigenvalue weighted by atomic mass is 10.2. The first-order chi connectivity index (χ1) is 13.1. The van der Waals surface area contributed by atoms with E-state index >= 15 is 0 Å². The van der Waals surface area contributed by atoms with Crippen LogP contribution in [0.5, 0.6) is 0 Å². The van der Waals surface area contributed by atoms with E-state index in [0.29, 0.717) is 17.9 Å². The number of carbonyl (C=O) groups excluding carboxylic acids is 1. The maximum Gasteiger partial charge on any atom is 0.253 e. The Balaban J connectivity index is 1.47. The number of para-hydroxylation sites is 1. The molecule has 0 saturated heterocycles. The Bertz CT molecular complexity index is 1090. The molecule has 0 bridgehead atoms. The molecule has 4 aromatic rings. The molecular formula is C21H21N3O2S. The molecule has 1 amide bonds. The molecule has 0 aliphatic carbocycles. The zero-order valence-corrected chi connectivity index (χ0v) is 16.4. The number of amides is 1. The molecule has 4 rings (SSSR count). The summed E-state index contributed by atoms with van der Waals surface area (Å²) in [7, 11) is 0. The topological polar surface area (TPSA) is 60.1 Å². The van der Waals surface area contributed by atoms with Crippen molar-refractivity contribution in [2.24, 2.45) is 0 Å². The molecule has 3 heterocycles. The van der Waals surface area contributed by atoms with Gasteiger partial charge in [0, 0.05) is 17.9 Å². The number of nitrogens with zero attached hydrogens (tertiary/aromatic N) is 2. The van der Waals surface area contributed by atoms with Crippen LogP contribution in [-0.2, 0) is 13.1 Å². The van der Waals surface area contributed by atoms with E-state index in [2.05, 4.69) is 21.8 Å². The standard InChI is InChI=1S/C21H21N3O2S/c1-4-24-13(2)11-16(14(24)3)20(25)22-12-15-9-10-18(26-15)21-23-17-7-5-6-8-19(17)27-21/h5-11H,4,12H2,1-3H3,(H,22,25). The molecule has 1 aromatic carbocycles. The molecule has 0 radical (unpaired) electrons. The predicted octanol–water partition coefficient (Wildman–Crippen LogP) is 4.92. The van der Waals surface area contributed by atoms with Crippen molar-refractivity contribution in [1.29, 1.82) is 0 Å². The molecule has 27 heavy (non-hydrogen) atoms. The molecular weight excluding hydrogens is 358 g/mol. The number of fused-ring (bicyclic) bond motifs is 1. The molecule has 3 aromatic heterocycles. The van der Waals surface area contributed by atoms with Crippen LogP contribution >= 0.6 is 11.3 Å². The molecule has 5 nitrogen and oxygen atoms in total. The summed E-state index contributed by atoms with van der Waals surface area (Å²) in [5, 5.41) is 3.80. The van der Waals surface area contributed by atoms with Crippen molar-refractivity contribution < 1.29 is 9.21 Å². The van der Waals surface area contributed by atoms with Crippen molar-refractivity contribution in [3.8, 4) is 10.8 Å². The highest BCUT2D eigenvalue weighted by atomic mass is 32.1. The maximum absolute atomic E-state index is 12.5. The van der Waals surface area contributed by atoms with Crippen LogP contribution in [0.25, 0.3) is 21.0 Å². The third-order valence-corrected chi connectivity index (χ3v) is 5.77. The van der Waals surface area contributed by atoms with Gasteiger partial charge in [0.25, 0.3) is 5.91 Å². The predicted molar refractivity (Wildman–Crippen MR) is 108 cm³/mol. The number of thiazole rings is 1. The minimum atomic E-state index is -0.0827. The Morgan fingerprint density at radius 3 is 2.78 bits per heavy atom. The zero-order chi connectivity index (χ0) is 19.0. The zero-order valence-electron chi connectivity index (χ0n) is 15.6. The van der Waals surface area contributed by atoms with E-state index in [4.69, 9.17) is 4.42 Å². The fraction of sp³-hybridized carbons (Fsp3) is 0.238. The number of benzene rings is 1. The van der Waals surface area contributed by atoms with Crippen molar-refractivity contribution in [3.63, 3.8) is 0 Å². The maximum atomic E-state index is 12.5. The van der Waals surface area contributed by atoms with E-state index in [9.17, 15) is 4.79 Å². The average Bonchev–Trinajstić information content (AvgIpc) is 3.36. The van der Waals surface area contributed by atoms with Gasteiger partial charge in [0.2, 0.25) is 0 Å². The second kappa shape index (κ2) is 7.04. The van der Waals surface area contributed by atoms with Crippen LogP contribution in [0.4, 0.5) is 0 Å². The molecule has 0 fully saturated rings. The monoisotopic (exact) mass is 379 g/mol. The summed E-state index contributed by atoms with van der Waals surface area (Å²) in [6, 6.07) is 13.7. The summed E-state index contributed by atoms with van der Waals surface area (Å²) in [6.45, 7) is 7.27. The van der Waals surface area contributed by atoms with Crippen molar-refractivity contribution in [2.45, 2.75) is 33.9 Å². The number of aromatic nitrogens is 2. The molecule has 0 aliphatic heterocycles. The first-order valence-corrected chi connectivity index (χ1v) is 9.78. The molecule has 1 N–H and O–H groups in total. The Morgan fingerprint density at radius 1 is 1.22 bits per heavy atom. The summed E-state index contributed by atoms with van der Waals surface area (Å²) < 4.78 is 9.16. The van der Waals surface area contributed by atoms with Crippen LogP contribution in [0.1, 0.15) is 34.4 Å². The molecule has 0 spiro atoms. The van der Waals surface area contributed by atoms with Crippen molar-refractivity contribution in [2.75, 3.05) is 0 Å². The second-order valence-corrected chi connectivity index (χ2v) is 7.50. The highest BCUT2D eigenvalue weighted by Crippen LogP contribution is 2.31. The van der Waals surface area contributed by atoms with E-state index in [0.717, 1.165) is 38.9 Å². The van der Waals surface area contributed by atoms with Crippen LogP contribution in [0.3, 0.4) is 0 Å². The van der Waals surface area contributed by atoms with Crippen LogP contribution in [-0.4, -0.2) is 15.5 Å². The van der Waals surface area contributed by atoms with Gasteiger partial charge in [0.05, 0.1) is 22.3 Å².